The van der Waals surface area contributed by atoms with Crippen molar-refractivity contribution in [2.24, 2.45) is 0 Å². The number of hydrogen-bond acceptors (Lipinski definition) is 4. The molecule has 0 unspecified atom stereocenters. The van der Waals surface area contributed by atoms with Crippen LogP contribution in [0.25, 0.3) is 0 Å². The fraction of sp³-hybridized carbons (Fsp3) is 0.600. The van der Waals surface area contributed by atoms with Crippen molar-refractivity contribution in [3.05, 3.63) is 24.3 Å². The first-order valence-corrected chi connectivity index (χ1v) is 9.86. The van der Waals surface area contributed by atoms with E-state index in [1.54, 1.807) is 19.2 Å². The van der Waals surface area contributed by atoms with Crippen LogP contribution in [0.5, 0.6) is 0 Å². The van der Waals surface area contributed by atoms with E-state index in [-0.39, 0.29) is 11.9 Å². The van der Waals surface area contributed by atoms with E-state index in [1.807, 2.05) is 17.0 Å². The van der Waals surface area contributed by atoms with E-state index in [0.29, 0.717) is 18.5 Å². The maximum Gasteiger partial charge on any atom is 0.321 e. The summed E-state index contributed by atoms with van der Waals surface area (Å²) in [5.41, 5.74) is 0.651. The van der Waals surface area contributed by atoms with Crippen LogP contribution in [-0.2, 0) is 9.53 Å². The lowest BCUT2D eigenvalue weighted by Crippen LogP contribution is -2.51. The van der Waals surface area contributed by atoms with Crippen LogP contribution in [0.4, 0.5) is 16.2 Å². The summed E-state index contributed by atoms with van der Waals surface area (Å²) < 4.78 is 5.55. The molecule has 0 aliphatic carbocycles. The van der Waals surface area contributed by atoms with Gasteiger partial charge in [-0.2, -0.15) is 0 Å². The lowest BCUT2D eigenvalue weighted by atomic mass is 9.91. The Morgan fingerprint density at radius 1 is 0.963 bits per heavy atom. The number of urea groups is 1. The quantitative estimate of drug-likeness (QED) is 0.757. The number of piperidine rings is 1. The number of ether oxygens (including phenoxy) is 1. The highest BCUT2D eigenvalue weighted by atomic mass is 16.5. The monoisotopic (exact) mass is 374 g/mol. The third-order valence-electron chi connectivity index (χ3n) is 5.50. The highest BCUT2D eigenvalue weighted by Gasteiger charge is 2.39. The lowest BCUT2D eigenvalue weighted by molar-refractivity contribution is -0.140. The minimum absolute atomic E-state index is 0.0540. The summed E-state index contributed by atoms with van der Waals surface area (Å²) in [5, 5.41) is 9.13. The molecule has 0 aromatic heterocycles. The van der Waals surface area contributed by atoms with Gasteiger partial charge in [0.05, 0.1) is 0 Å². The van der Waals surface area contributed by atoms with E-state index in [9.17, 15) is 9.59 Å². The summed E-state index contributed by atoms with van der Waals surface area (Å²) in [6.07, 6.45) is 5.82. The molecule has 1 aromatic carbocycles. The van der Waals surface area contributed by atoms with Crippen molar-refractivity contribution in [1.29, 1.82) is 0 Å². The molecule has 1 aromatic rings. The van der Waals surface area contributed by atoms with Crippen LogP contribution in [-0.4, -0.2) is 55.7 Å². The van der Waals surface area contributed by atoms with Crippen LogP contribution in [0.2, 0.25) is 0 Å². The van der Waals surface area contributed by atoms with Gasteiger partial charge in [-0.25, -0.2) is 4.79 Å². The van der Waals surface area contributed by atoms with Crippen molar-refractivity contribution >= 4 is 23.3 Å². The predicted octanol–water partition coefficient (Wildman–Crippen LogP) is 2.80. The van der Waals surface area contributed by atoms with Crippen LogP contribution in [0, 0.1) is 0 Å². The molecule has 3 rings (SSSR count). The molecule has 7 nitrogen and oxygen atoms in total. The molecular formula is C20H30N4O3. The average Bonchev–Trinajstić information content (AvgIpc) is 2.99. The Kier molecular flexibility index (Phi) is 6.68. The first-order chi connectivity index (χ1) is 13.1. The van der Waals surface area contributed by atoms with Gasteiger partial charge in [0.25, 0.3) is 5.91 Å². The van der Waals surface area contributed by atoms with Crippen molar-refractivity contribution < 1.29 is 14.3 Å². The first-order valence-electron chi connectivity index (χ1n) is 9.86. The van der Waals surface area contributed by atoms with Gasteiger partial charge in [0.1, 0.15) is 5.60 Å². The summed E-state index contributed by atoms with van der Waals surface area (Å²) in [7, 11) is 1.59. The van der Waals surface area contributed by atoms with Gasteiger partial charge >= 0.3 is 6.03 Å². The molecule has 0 atom stereocenters. The SMILES string of the molecule is COC1(C(=O)Nc2ccc(NC(=O)N3CCCCCC3)cc2)CCNCC1. The van der Waals surface area contributed by atoms with Gasteiger partial charge in [-0.1, -0.05) is 12.8 Å². The highest BCUT2D eigenvalue weighted by molar-refractivity contribution is 5.98. The van der Waals surface area contributed by atoms with Gasteiger partial charge < -0.3 is 25.6 Å². The van der Waals surface area contributed by atoms with Crippen molar-refractivity contribution in [2.45, 2.75) is 44.1 Å². The van der Waals surface area contributed by atoms with Gasteiger partial charge in [0.15, 0.2) is 0 Å². The number of carbonyl (C=O) groups is 2. The van der Waals surface area contributed by atoms with Gasteiger partial charge in [-0.3, -0.25) is 4.79 Å². The summed E-state index contributed by atoms with van der Waals surface area (Å²) in [5.74, 6) is -0.118. The van der Waals surface area contributed by atoms with Gasteiger partial charge in [-0.15, -0.1) is 0 Å². The Hall–Kier alpha value is -2.12. The van der Waals surface area contributed by atoms with Crippen LogP contribution in [0.1, 0.15) is 38.5 Å². The summed E-state index contributed by atoms with van der Waals surface area (Å²) in [4.78, 5) is 27.0. The Morgan fingerprint density at radius 3 is 2.07 bits per heavy atom. The number of rotatable bonds is 4. The fourth-order valence-corrected chi connectivity index (χ4v) is 3.71. The summed E-state index contributed by atoms with van der Waals surface area (Å²) in [6, 6.07) is 7.18. The number of benzene rings is 1. The summed E-state index contributed by atoms with van der Waals surface area (Å²) in [6.45, 7) is 3.16. The van der Waals surface area contributed by atoms with Crippen LogP contribution in [0.3, 0.4) is 0 Å². The van der Waals surface area contributed by atoms with Gasteiger partial charge in [0.2, 0.25) is 0 Å². The smallest absolute Gasteiger partial charge is 0.321 e. The third-order valence-corrected chi connectivity index (χ3v) is 5.50. The maximum atomic E-state index is 12.7. The molecule has 2 fully saturated rings. The lowest BCUT2D eigenvalue weighted by Gasteiger charge is -2.34. The number of likely N-dealkylation sites (tertiary alicyclic amines) is 1. The molecule has 0 bridgehead atoms. The molecule has 3 N–H and O–H groups in total. The molecule has 2 saturated heterocycles. The zero-order chi connectivity index (χ0) is 19.1. The van der Waals surface area contributed by atoms with E-state index in [2.05, 4.69) is 16.0 Å². The Bertz CT molecular complexity index is 633. The molecule has 2 heterocycles. The summed E-state index contributed by atoms with van der Waals surface area (Å²) >= 11 is 0. The molecule has 0 spiro atoms. The molecule has 2 aliphatic heterocycles. The Balaban J connectivity index is 1.56. The predicted molar refractivity (Wildman–Crippen MR) is 106 cm³/mol. The second kappa shape index (κ2) is 9.19. The van der Waals surface area contributed by atoms with E-state index in [1.165, 1.54) is 12.8 Å². The second-order valence-corrected chi connectivity index (χ2v) is 7.31. The van der Waals surface area contributed by atoms with Crippen molar-refractivity contribution in [1.82, 2.24) is 10.2 Å². The number of hydrogen-bond donors (Lipinski definition) is 3. The van der Waals surface area contributed by atoms with E-state index in [4.69, 9.17) is 4.74 Å². The number of nitrogens with one attached hydrogen (secondary N) is 3. The molecule has 2 aliphatic rings. The van der Waals surface area contributed by atoms with Gasteiger partial charge in [-0.05, 0) is 63.0 Å². The fourth-order valence-electron chi connectivity index (χ4n) is 3.71. The molecule has 3 amide bonds. The average molecular weight is 374 g/mol. The Morgan fingerprint density at radius 2 is 1.52 bits per heavy atom. The minimum atomic E-state index is -0.773. The first kappa shape index (κ1) is 19.6. The van der Waals surface area contributed by atoms with Crippen molar-refractivity contribution in [2.75, 3.05) is 43.9 Å². The van der Waals surface area contributed by atoms with Crippen molar-refractivity contribution in [3.8, 4) is 0 Å². The number of nitrogens with zero attached hydrogens (tertiary/aromatic N) is 1. The molecule has 0 saturated carbocycles. The number of anilines is 2. The zero-order valence-corrected chi connectivity index (χ0v) is 16.1. The maximum absolute atomic E-state index is 12.7. The number of amides is 3. The molecule has 27 heavy (non-hydrogen) atoms. The highest BCUT2D eigenvalue weighted by Crippen LogP contribution is 2.25. The Labute approximate surface area is 160 Å². The van der Waals surface area contributed by atoms with Crippen molar-refractivity contribution in [3.63, 3.8) is 0 Å². The van der Waals surface area contributed by atoms with Crippen LogP contribution < -0.4 is 16.0 Å². The molecule has 148 valence electrons. The normalized spacial score (nSPS) is 19.8. The molecule has 0 radical (unpaired) electrons. The molecular weight excluding hydrogens is 344 g/mol. The largest absolute Gasteiger partial charge is 0.368 e. The van der Waals surface area contributed by atoms with Crippen LogP contribution >= 0.6 is 0 Å². The van der Waals surface area contributed by atoms with Gasteiger partial charge in [0, 0.05) is 31.6 Å². The minimum Gasteiger partial charge on any atom is -0.368 e. The second-order valence-electron chi connectivity index (χ2n) is 7.31. The molecule has 7 heteroatoms. The topological polar surface area (TPSA) is 82.7 Å². The van der Waals surface area contributed by atoms with E-state index < -0.39 is 5.60 Å². The van der Waals surface area contributed by atoms with Crippen LogP contribution in [0.15, 0.2) is 24.3 Å². The number of methoxy groups -OCH3 is 1. The standard InChI is InChI=1S/C20H30N4O3/c1-27-20(10-12-21-13-11-20)18(25)22-16-6-8-17(9-7-16)23-19(26)24-14-4-2-3-5-15-24/h6-9,21H,2-5,10-15H2,1H3,(H,22,25)(H,23,26). The van der Waals surface area contributed by atoms with E-state index >= 15 is 0 Å². The third kappa shape index (κ3) is 4.99. The number of carbonyl (C=O) groups excluding carboxylic acids is 2. The van der Waals surface area contributed by atoms with E-state index in [0.717, 1.165) is 44.7 Å². The zero-order valence-electron chi connectivity index (χ0n) is 16.1.